The Labute approximate surface area is 68.6 Å². The molecule has 0 saturated carbocycles. The summed E-state index contributed by atoms with van der Waals surface area (Å²) in [5, 5.41) is 5.52. The standard InChI is InChI=1S/C8H18N2O/c1-4-6-7(3)10-8(11)9-5-2/h7H,4-6H2,1-3H3,(H2,9,10,11)/t7-/m0/s1. The maximum Gasteiger partial charge on any atom is 0.314 e. The van der Waals surface area contributed by atoms with Crippen molar-refractivity contribution >= 4 is 6.03 Å². The number of rotatable bonds is 4. The first-order chi connectivity index (χ1) is 5.20. The first kappa shape index (κ1) is 10.3. The van der Waals surface area contributed by atoms with Gasteiger partial charge in [-0.2, -0.15) is 0 Å². The summed E-state index contributed by atoms with van der Waals surface area (Å²) in [6.45, 7) is 6.71. The summed E-state index contributed by atoms with van der Waals surface area (Å²) in [7, 11) is 0. The summed E-state index contributed by atoms with van der Waals surface area (Å²) in [6.07, 6.45) is 2.14. The fraction of sp³-hybridized carbons (Fsp3) is 0.875. The molecule has 2 N–H and O–H groups in total. The van der Waals surface area contributed by atoms with E-state index in [-0.39, 0.29) is 12.1 Å². The minimum absolute atomic E-state index is 0.0616. The van der Waals surface area contributed by atoms with Gasteiger partial charge >= 0.3 is 6.03 Å². The van der Waals surface area contributed by atoms with E-state index in [2.05, 4.69) is 17.6 Å². The molecule has 3 nitrogen and oxygen atoms in total. The zero-order chi connectivity index (χ0) is 8.69. The highest BCUT2D eigenvalue weighted by Crippen LogP contribution is 1.93. The number of amides is 2. The Balaban J connectivity index is 3.40. The van der Waals surface area contributed by atoms with Crippen molar-refractivity contribution in [3.63, 3.8) is 0 Å². The van der Waals surface area contributed by atoms with E-state index in [1.54, 1.807) is 0 Å². The van der Waals surface area contributed by atoms with Gasteiger partial charge < -0.3 is 10.6 Å². The average molecular weight is 158 g/mol. The van der Waals surface area contributed by atoms with Crippen LogP contribution in [0, 0.1) is 0 Å². The first-order valence-corrected chi connectivity index (χ1v) is 4.25. The maximum atomic E-state index is 10.9. The van der Waals surface area contributed by atoms with Crippen molar-refractivity contribution in [2.45, 2.75) is 39.7 Å². The third kappa shape index (κ3) is 5.70. The van der Waals surface area contributed by atoms with E-state index >= 15 is 0 Å². The molecule has 0 heterocycles. The highest BCUT2D eigenvalue weighted by Gasteiger charge is 2.03. The fourth-order valence-corrected chi connectivity index (χ4v) is 0.941. The van der Waals surface area contributed by atoms with Gasteiger partial charge in [0.15, 0.2) is 0 Å². The van der Waals surface area contributed by atoms with Crippen LogP contribution in [0.2, 0.25) is 0 Å². The third-order valence-corrected chi connectivity index (χ3v) is 1.44. The van der Waals surface area contributed by atoms with Crippen molar-refractivity contribution in [1.29, 1.82) is 0 Å². The van der Waals surface area contributed by atoms with Gasteiger partial charge in [-0.15, -0.1) is 0 Å². The highest BCUT2D eigenvalue weighted by molar-refractivity contribution is 5.73. The fourth-order valence-electron chi connectivity index (χ4n) is 0.941. The number of carbonyl (C=O) groups excluding carboxylic acids is 1. The van der Waals surface area contributed by atoms with E-state index in [1.165, 1.54) is 0 Å². The Morgan fingerprint density at radius 3 is 2.55 bits per heavy atom. The predicted molar refractivity (Wildman–Crippen MR) is 46.6 cm³/mol. The Hall–Kier alpha value is -0.730. The molecule has 0 aromatic heterocycles. The molecule has 0 aromatic rings. The number of hydrogen-bond acceptors (Lipinski definition) is 1. The number of carbonyl (C=O) groups is 1. The predicted octanol–water partition coefficient (Wildman–Crippen LogP) is 1.49. The summed E-state index contributed by atoms with van der Waals surface area (Å²) in [6, 6.07) is 0.222. The Morgan fingerprint density at radius 2 is 2.09 bits per heavy atom. The van der Waals surface area contributed by atoms with Gasteiger partial charge in [-0.3, -0.25) is 0 Å². The molecular weight excluding hydrogens is 140 g/mol. The lowest BCUT2D eigenvalue weighted by Gasteiger charge is -2.12. The number of nitrogens with one attached hydrogen (secondary N) is 2. The summed E-state index contributed by atoms with van der Waals surface area (Å²) in [5.74, 6) is 0. The molecular formula is C8H18N2O. The van der Waals surface area contributed by atoms with Crippen molar-refractivity contribution in [3.05, 3.63) is 0 Å². The van der Waals surface area contributed by atoms with Crippen LogP contribution < -0.4 is 10.6 Å². The molecule has 0 fully saturated rings. The van der Waals surface area contributed by atoms with E-state index in [9.17, 15) is 4.79 Å². The van der Waals surface area contributed by atoms with Crippen LogP contribution in [0.1, 0.15) is 33.6 Å². The van der Waals surface area contributed by atoms with Gasteiger partial charge in [0.05, 0.1) is 0 Å². The molecule has 0 aliphatic rings. The molecule has 0 rings (SSSR count). The minimum atomic E-state index is -0.0616. The Kier molecular flexibility index (Phi) is 5.61. The zero-order valence-corrected chi connectivity index (χ0v) is 7.61. The van der Waals surface area contributed by atoms with Gasteiger partial charge in [0.25, 0.3) is 0 Å². The normalized spacial score (nSPS) is 12.3. The number of hydrogen-bond donors (Lipinski definition) is 2. The van der Waals surface area contributed by atoms with E-state index < -0.39 is 0 Å². The molecule has 66 valence electrons. The lowest BCUT2D eigenvalue weighted by Crippen LogP contribution is -2.40. The van der Waals surface area contributed by atoms with Crippen LogP contribution >= 0.6 is 0 Å². The molecule has 0 spiro atoms. The van der Waals surface area contributed by atoms with Gasteiger partial charge in [-0.1, -0.05) is 13.3 Å². The van der Waals surface area contributed by atoms with E-state index in [1.807, 2.05) is 13.8 Å². The third-order valence-electron chi connectivity index (χ3n) is 1.44. The smallest absolute Gasteiger partial charge is 0.314 e. The molecule has 0 radical (unpaired) electrons. The van der Waals surface area contributed by atoms with Crippen molar-refractivity contribution in [1.82, 2.24) is 10.6 Å². The minimum Gasteiger partial charge on any atom is -0.338 e. The van der Waals surface area contributed by atoms with Crippen LogP contribution in [0.5, 0.6) is 0 Å². The molecule has 0 aromatic carbocycles. The van der Waals surface area contributed by atoms with E-state index in [0.717, 1.165) is 12.8 Å². The van der Waals surface area contributed by atoms with Crippen molar-refractivity contribution in [2.24, 2.45) is 0 Å². The second-order valence-electron chi connectivity index (χ2n) is 2.69. The van der Waals surface area contributed by atoms with Gasteiger partial charge in [0, 0.05) is 12.6 Å². The molecule has 0 unspecified atom stereocenters. The summed E-state index contributed by atoms with van der Waals surface area (Å²) < 4.78 is 0. The van der Waals surface area contributed by atoms with Crippen LogP contribution in [-0.4, -0.2) is 18.6 Å². The summed E-state index contributed by atoms with van der Waals surface area (Å²) >= 11 is 0. The van der Waals surface area contributed by atoms with Crippen molar-refractivity contribution < 1.29 is 4.79 Å². The van der Waals surface area contributed by atoms with Crippen molar-refractivity contribution in [3.8, 4) is 0 Å². The molecule has 3 heteroatoms. The molecule has 0 bridgehead atoms. The molecule has 11 heavy (non-hydrogen) atoms. The largest absolute Gasteiger partial charge is 0.338 e. The topological polar surface area (TPSA) is 41.1 Å². The second kappa shape index (κ2) is 6.01. The average Bonchev–Trinajstić information content (AvgIpc) is 1.87. The molecule has 0 aliphatic carbocycles. The molecule has 2 amide bonds. The van der Waals surface area contributed by atoms with Crippen LogP contribution in [0.25, 0.3) is 0 Å². The lowest BCUT2D eigenvalue weighted by atomic mass is 10.2. The SMILES string of the molecule is CCC[C@H](C)NC(=O)NCC. The molecule has 1 atom stereocenters. The van der Waals surface area contributed by atoms with Crippen LogP contribution in [0.4, 0.5) is 4.79 Å². The van der Waals surface area contributed by atoms with Gasteiger partial charge in [-0.25, -0.2) is 4.79 Å². The van der Waals surface area contributed by atoms with Crippen LogP contribution in [0.3, 0.4) is 0 Å². The van der Waals surface area contributed by atoms with Gasteiger partial charge in [0.2, 0.25) is 0 Å². The summed E-state index contributed by atoms with van der Waals surface area (Å²) in [4.78, 5) is 10.9. The quantitative estimate of drug-likeness (QED) is 0.639. The van der Waals surface area contributed by atoms with E-state index in [4.69, 9.17) is 0 Å². The number of urea groups is 1. The van der Waals surface area contributed by atoms with Gasteiger partial charge in [-0.05, 0) is 20.3 Å². The van der Waals surface area contributed by atoms with Crippen molar-refractivity contribution in [2.75, 3.05) is 6.54 Å². The van der Waals surface area contributed by atoms with Gasteiger partial charge in [0.1, 0.15) is 0 Å². The molecule has 0 saturated heterocycles. The summed E-state index contributed by atoms with van der Waals surface area (Å²) in [5.41, 5.74) is 0. The second-order valence-corrected chi connectivity index (χ2v) is 2.69. The zero-order valence-electron chi connectivity index (χ0n) is 7.61. The lowest BCUT2D eigenvalue weighted by molar-refractivity contribution is 0.237. The first-order valence-electron chi connectivity index (χ1n) is 4.25. The van der Waals surface area contributed by atoms with E-state index in [0.29, 0.717) is 6.54 Å². The van der Waals surface area contributed by atoms with Crippen LogP contribution in [0.15, 0.2) is 0 Å². The Bertz CT molecular complexity index is 115. The monoisotopic (exact) mass is 158 g/mol. The molecule has 0 aliphatic heterocycles. The maximum absolute atomic E-state index is 10.9. The Morgan fingerprint density at radius 1 is 1.45 bits per heavy atom. The highest BCUT2D eigenvalue weighted by atomic mass is 16.2. The van der Waals surface area contributed by atoms with Crippen LogP contribution in [-0.2, 0) is 0 Å².